The highest BCUT2D eigenvalue weighted by Gasteiger charge is 2.23. The maximum atomic E-state index is 5.76. The van der Waals surface area contributed by atoms with Gasteiger partial charge in [0, 0.05) is 13.2 Å². The van der Waals surface area contributed by atoms with E-state index >= 15 is 0 Å². The molecule has 94 valence electrons. The van der Waals surface area contributed by atoms with Gasteiger partial charge >= 0.3 is 0 Å². The van der Waals surface area contributed by atoms with Gasteiger partial charge in [-0.1, -0.05) is 32.5 Å². The Labute approximate surface area is 104 Å². The summed E-state index contributed by atoms with van der Waals surface area (Å²) in [6, 6.07) is 0.298. The summed E-state index contributed by atoms with van der Waals surface area (Å²) >= 11 is 5.11. The molecule has 0 aromatic rings. The van der Waals surface area contributed by atoms with Crippen LogP contribution >= 0.6 is 12.2 Å². The topological polar surface area (TPSA) is 38.5 Å². The minimum Gasteiger partial charge on any atom is -0.392 e. The molecule has 1 unspecified atom stereocenters. The summed E-state index contributed by atoms with van der Waals surface area (Å²) in [7, 11) is 0. The van der Waals surface area contributed by atoms with Crippen LogP contribution in [0.3, 0.4) is 0 Å². The molecule has 1 fully saturated rings. The van der Waals surface area contributed by atoms with Gasteiger partial charge in [0.15, 0.2) is 0 Å². The van der Waals surface area contributed by atoms with Crippen molar-refractivity contribution in [1.29, 1.82) is 0 Å². The molecule has 1 atom stereocenters. The fourth-order valence-corrected chi connectivity index (χ4v) is 2.35. The van der Waals surface area contributed by atoms with Crippen molar-refractivity contribution < 1.29 is 4.74 Å². The minimum atomic E-state index is 0.298. The number of likely N-dealkylation sites (tertiary alicyclic amines) is 1. The Hall–Kier alpha value is -0.190. The number of hydrogen-bond donors (Lipinski definition) is 1. The lowest BCUT2D eigenvalue weighted by atomic mass is 10.0. The maximum Gasteiger partial charge on any atom is 0.0902 e. The molecule has 4 heteroatoms. The third-order valence-electron chi connectivity index (χ3n) is 2.92. The molecular weight excluding hydrogens is 220 g/mol. The lowest BCUT2D eigenvalue weighted by molar-refractivity contribution is 0.0725. The number of nitrogens with zero attached hydrogens (tertiary/aromatic N) is 1. The highest BCUT2D eigenvalue weighted by Crippen LogP contribution is 2.16. The Balaban J connectivity index is 2.24. The van der Waals surface area contributed by atoms with Crippen LogP contribution in [0.25, 0.3) is 0 Å². The quantitative estimate of drug-likeness (QED) is 0.571. The van der Waals surface area contributed by atoms with Crippen LogP contribution in [0.15, 0.2) is 0 Å². The Morgan fingerprint density at radius 1 is 1.50 bits per heavy atom. The van der Waals surface area contributed by atoms with E-state index < -0.39 is 0 Å². The molecule has 2 N–H and O–H groups in total. The molecule has 0 spiro atoms. The molecule has 0 aromatic carbocycles. The molecule has 0 aromatic heterocycles. The van der Waals surface area contributed by atoms with Crippen molar-refractivity contribution in [2.75, 3.05) is 26.3 Å². The van der Waals surface area contributed by atoms with Crippen LogP contribution in [0.1, 0.15) is 33.1 Å². The van der Waals surface area contributed by atoms with E-state index in [0.717, 1.165) is 32.7 Å². The number of piperidine rings is 1. The van der Waals surface area contributed by atoms with E-state index in [1.165, 1.54) is 12.8 Å². The molecule has 16 heavy (non-hydrogen) atoms. The van der Waals surface area contributed by atoms with E-state index in [1.54, 1.807) is 0 Å². The van der Waals surface area contributed by atoms with Gasteiger partial charge in [-0.05, 0) is 25.3 Å². The van der Waals surface area contributed by atoms with Crippen molar-refractivity contribution in [3.63, 3.8) is 0 Å². The maximum absolute atomic E-state index is 5.76. The first-order valence-corrected chi connectivity index (χ1v) is 6.63. The molecule has 0 aliphatic carbocycles. The summed E-state index contributed by atoms with van der Waals surface area (Å²) in [6.07, 6.45) is 3.61. The monoisotopic (exact) mass is 244 g/mol. The van der Waals surface area contributed by atoms with E-state index in [0.29, 0.717) is 16.9 Å². The van der Waals surface area contributed by atoms with Crippen molar-refractivity contribution >= 4 is 17.2 Å². The van der Waals surface area contributed by atoms with Crippen LogP contribution in [0.2, 0.25) is 0 Å². The summed E-state index contributed by atoms with van der Waals surface area (Å²) in [5, 5.41) is 0. The molecule has 0 saturated carbocycles. The van der Waals surface area contributed by atoms with Crippen molar-refractivity contribution in [3.8, 4) is 0 Å². The Bertz CT molecular complexity index is 221. The lowest BCUT2D eigenvalue weighted by Crippen LogP contribution is -2.48. The first kappa shape index (κ1) is 13.9. The molecule has 0 bridgehead atoms. The van der Waals surface area contributed by atoms with Gasteiger partial charge in [-0.2, -0.15) is 0 Å². The second-order valence-electron chi connectivity index (χ2n) is 4.92. The summed E-state index contributed by atoms with van der Waals surface area (Å²) < 4.78 is 5.60. The van der Waals surface area contributed by atoms with Gasteiger partial charge in [0.1, 0.15) is 0 Å². The Kier molecular flexibility index (Phi) is 6.24. The summed E-state index contributed by atoms with van der Waals surface area (Å²) in [5.74, 6) is 0.604. The zero-order chi connectivity index (χ0) is 12.0. The van der Waals surface area contributed by atoms with Gasteiger partial charge in [0.05, 0.1) is 17.6 Å². The largest absolute Gasteiger partial charge is 0.392 e. The molecule has 1 saturated heterocycles. The SMILES string of the molecule is CC(C)COCCN1CCCCC1C(N)=S. The lowest BCUT2D eigenvalue weighted by Gasteiger charge is -2.34. The van der Waals surface area contributed by atoms with Crippen molar-refractivity contribution in [1.82, 2.24) is 4.90 Å². The molecule has 1 heterocycles. The number of rotatable bonds is 6. The second-order valence-corrected chi connectivity index (χ2v) is 5.39. The van der Waals surface area contributed by atoms with E-state index in [4.69, 9.17) is 22.7 Å². The van der Waals surface area contributed by atoms with Crippen LogP contribution in [-0.2, 0) is 4.74 Å². The first-order chi connectivity index (χ1) is 7.61. The molecule has 3 nitrogen and oxygen atoms in total. The van der Waals surface area contributed by atoms with Gasteiger partial charge in [-0.3, -0.25) is 4.90 Å². The fourth-order valence-electron chi connectivity index (χ4n) is 2.08. The Morgan fingerprint density at radius 2 is 2.25 bits per heavy atom. The van der Waals surface area contributed by atoms with E-state index in [-0.39, 0.29) is 0 Å². The normalized spacial score (nSPS) is 22.6. The number of ether oxygens (including phenoxy) is 1. The number of thiocarbonyl (C=S) groups is 1. The highest BCUT2D eigenvalue weighted by atomic mass is 32.1. The van der Waals surface area contributed by atoms with Gasteiger partial charge in [0.25, 0.3) is 0 Å². The van der Waals surface area contributed by atoms with Crippen molar-refractivity contribution in [2.24, 2.45) is 11.7 Å². The van der Waals surface area contributed by atoms with Crippen LogP contribution < -0.4 is 5.73 Å². The van der Waals surface area contributed by atoms with Crippen LogP contribution in [0, 0.1) is 5.92 Å². The molecule has 0 radical (unpaired) electrons. The van der Waals surface area contributed by atoms with Crippen LogP contribution in [0.5, 0.6) is 0 Å². The first-order valence-electron chi connectivity index (χ1n) is 6.22. The van der Waals surface area contributed by atoms with Crippen LogP contribution in [-0.4, -0.2) is 42.2 Å². The summed E-state index contributed by atoms with van der Waals surface area (Å²) in [5.41, 5.74) is 5.76. The number of hydrogen-bond acceptors (Lipinski definition) is 3. The van der Waals surface area contributed by atoms with Gasteiger partial charge in [0.2, 0.25) is 0 Å². The fraction of sp³-hybridized carbons (Fsp3) is 0.917. The average Bonchev–Trinajstić information content (AvgIpc) is 2.24. The molecule has 1 aliphatic rings. The molecule has 1 aliphatic heterocycles. The summed E-state index contributed by atoms with van der Waals surface area (Å²) in [6.45, 7) is 8.02. The number of nitrogens with two attached hydrogens (primary N) is 1. The third-order valence-corrected chi connectivity index (χ3v) is 3.19. The van der Waals surface area contributed by atoms with Gasteiger partial charge in [-0.15, -0.1) is 0 Å². The minimum absolute atomic E-state index is 0.298. The second kappa shape index (κ2) is 7.20. The van der Waals surface area contributed by atoms with Gasteiger partial charge < -0.3 is 10.5 Å². The van der Waals surface area contributed by atoms with Crippen molar-refractivity contribution in [2.45, 2.75) is 39.2 Å². The van der Waals surface area contributed by atoms with Crippen LogP contribution in [0.4, 0.5) is 0 Å². The van der Waals surface area contributed by atoms with E-state index in [2.05, 4.69) is 18.7 Å². The van der Waals surface area contributed by atoms with Crippen molar-refractivity contribution in [3.05, 3.63) is 0 Å². The third kappa shape index (κ3) is 4.76. The van der Waals surface area contributed by atoms with Gasteiger partial charge in [-0.25, -0.2) is 0 Å². The summed E-state index contributed by atoms with van der Waals surface area (Å²) in [4.78, 5) is 3.01. The predicted octanol–water partition coefficient (Wildman–Crippen LogP) is 1.80. The Morgan fingerprint density at radius 3 is 2.88 bits per heavy atom. The highest BCUT2D eigenvalue weighted by molar-refractivity contribution is 7.80. The molecule has 0 amide bonds. The average molecular weight is 244 g/mol. The predicted molar refractivity (Wildman–Crippen MR) is 71.7 cm³/mol. The van der Waals surface area contributed by atoms with E-state index in [9.17, 15) is 0 Å². The smallest absolute Gasteiger partial charge is 0.0902 e. The van der Waals surface area contributed by atoms with E-state index in [1.807, 2.05) is 0 Å². The zero-order valence-electron chi connectivity index (χ0n) is 10.4. The zero-order valence-corrected chi connectivity index (χ0v) is 11.3. The standard InChI is InChI=1S/C12H24N2OS/c1-10(2)9-15-8-7-14-6-4-3-5-11(14)12(13)16/h10-11H,3-9H2,1-2H3,(H2,13,16). The molecule has 1 rings (SSSR count). The molecular formula is C12H24N2OS.